The lowest BCUT2D eigenvalue weighted by Crippen LogP contribution is -2.57. The number of hydrogen-bond acceptors (Lipinski definition) is 2. The van der Waals surface area contributed by atoms with E-state index in [1.54, 1.807) is 0 Å². The Morgan fingerprint density at radius 2 is 1.59 bits per heavy atom. The molecule has 1 aliphatic heterocycles. The predicted molar refractivity (Wildman–Crippen MR) is 125 cm³/mol. The lowest BCUT2D eigenvalue weighted by Gasteiger charge is -2.54. The number of unbranched alkanes of at least 4 members (excludes halogenated alkanes) is 9. The molecular weight excluding hydrogens is 413 g/mol. The summed E-state index contributed by atoms with van der Waals surface area (Å²) < 4.78 is 38.3. The van der Waals surface area contributed by atoms with E-state index in [9.17, 15) is 18.0 Å². The predicted octanol–water partition coefficient (Wildman–Crippen LogP) is 7.02. The van der Waals surface area contributed by atoms with Gasteiger partial charge in [-0.25, -0.2) is 0 Å². The number of carbonyl (C=O) groups excluding carboxylic acids is 1. The Morgan fingerprint density at radius 1 is 1.03 bits per heavy atom. The molecule has 2 aliphatic rings. The minimum absolute atomic E-state index is 0.0281. The van der Waals surface area contributed by atoms with E-state index in [0.29, 0.717) is 6.42 Å². The summed E-state index contributed by atoms with van der Waals surface area (Å²) in [6.45, 7) is 11.4. The van der Waals surface area contributed by atoms with Gasteiger partial charge in [0.2, 0.25) is 0 Å². The van der Waals surface area contributed by atoms with E-state index in [4.69, 9.17) is 0 Å². The molecule has 1 fully saturated rings. The number of amides is 1. The number of rotatable bonds is 12. The van der Waals surface area contributed by atoms with Crippen LogP contribution in [0.4, 0.5) is 13.2 Å². The largest absolute Gasteiger partial charge is 0.471 e. The molecule has 1 heterocycles. The van der Waals surface area contributed by atoms with Crippen LogP contribution in [-0.2, 0) is 4.79 Å². The second-order valence-electron chi connectivity index (χ2n) is 10.9. The molecule has 186 valence electrons. The smallest absolute Gasteiger partial charge is 0.345 e. The number of alkyl halides is 3. The van der Waals surface area contributed by atoms with Gasteiger partial charge >= 0.3 is 12.1 Å². The second kappa shape index (κ2) is 11.9. The summed E-state index contributed by atoms with van der Waals surface area (Å²) in [6.07, 6.45) is 12.1. The molecule has 0 aromatic rings. The Bertz CT molecular complexity index is 629. The van der Waals surface area contributed by atoms with Gasteiger partial charge in [-0.1, -0.05) is 97.1 Å². The molecule has 1 N–H and O–H groups in total. The summed E-state index contributed by atoms with van der Waals surface area (Å²) in [6, 6.07) is -0.482. The van der Waals surface area contributed by atoms with Crippen LogP contribution in [0.15, 0.2) is 11.6 Å². The Balaban J connectivity index is 1.77. The lowest BCUT2D eigenvalue weighted by molar-refractivity contribution is -0.175. The van der Waals surface area contributed by atoms with Crippen molar-refractivity contribution in [3.63, 3.8) is 0 Å². The van der Waals surface area contributed by atoms with E-state index < -0.39 is 23.5 Å². The Kier molecular flexibility index (Phi) is 10.1. The van der Waals surface area contributed by atoms with Crippen molar-refractivity contribution in [3.05, 3.63) is 11.6 Å². The van der Waals surface area contributed by atoms with Gasteiger partial charge in [0.25, 0.3) is 0 Å². The van der Waals surface area contributed by atoms with Crippen molar-refractivity contribution >= 4 is 5.91 Å². The first kappa shape index (κ1) is 27.2. The van der Waals surface area contributed by atoms with Gasteiger partial charge in [0.15, 0.2) is 0 Å². The fraction of sp³-hybridized carbons (Fsp3) is 0.885. The maximum atomic E-state index is 12.8. The fourth-order valence-electron chi connectivity index (χ4n) is 5.86. The molecule has 1 aliphatic carbocycles. The van der Waals surface area contributed by atoms with Gasteiger partial charge in [-0.3, -0.25) is 9.69 Å². The van der Waals surface area contributed by atoms with Gasteiger partial charge in [-0.05, 0) is 25.8 Å². The third-order valence-corrected chi connectivity index (χ3v) is 7.72. The van der Waals surface area contributed by atoms with E-state index >= 15 is 0 Å². The molecule has 0 bridgehead atoms. The number of halogens is 3. The zero-order valence-corrected chi connectivity index (χ0v) is 20.8. The van der Waals surface area contributed by atoms with Crippen LogP contribution < -0.4 is 5.32 Å². The summed E-state index contributed by atoms with van der Waals surface area (Å²) >= 11 is 0. The van der Waals surface area contributed by atoms with Crippen LogP contribution in [0.1, 0.15) is 105 Å². The molecule has 32 heavy (non-hydrogen) atoms. The highest BCUT2D eigenvalue weighted by Crippen LogP contribution is 2.52. The van der Waals surface area contributed by atoms with Crippen LogP contribution in [0, 0.1) is 10.8 Å². The number of carbonyl (C=O) groups is 1. The molecule has 0 saturated heterocycles. The second-order valence-corrected chi connectivity index (χ2v) is 10.9. The first-order valence-corrected chi connectivity index (χ1v) is 12.8. The van der Waals surface area contributed by atoms with Crippen molar-refractivity contribution in [1.82, 2.24) is 10.2 Å². The first-order chi connectivity index (χ1) is 15.0. The maximum absolute atomic E-state index is 12.8. The molecule has 0 unspecified atom stereocenters. The van der Waals surface area contributed by atoms with Crippen molar-refractivity contribution in [3.8, 4) is 0 Å². The molecule has 2 atom stereocenters. The molecule has 3 nitrogen and oxygen atoms in total. The van der Waals surface area contributed by atoms with E-state index in [1.807, 2.05) is 13.8 Å². The monoisotopic (exact) mass is 458 g/mol. The number of nitrogens with one attached hydrogen (secondary N) is 1. The van der Waals surface area contributed by atoms with Crippen molar-refractivity contribution in [2.45, 2.75) is 117 Å². The average Bonchev–Trinajstić information content (AvgIpc) is 2.70. The Labute approximate surface area is 193 Å². The van der Waals surface area contributed by atoms with E-state index in [1.165, 1.54) is 69.8 Å². The van der Waals surface area contributed by atoms with Gasteiger partial charge in [-0.2, -0.15) is 13.2 Å². The summed E-state index contributed by atoms with van der Waals surface area (Å²) in [5, 5.41) is 2.26. The maximum Gasteiger partial charge on any atom is 0.471 e. The van der Waals surface area contributed by atoms with Gasteiger partial charge in [0.05, 0.1) is 0 Å². The van der Waals surface area contributed by atoms with E-state index in [2.05, 4.69) is 30.1 Å². The normalized spacial score (nSPS) is 25.8. The van der Waals surface area contributed by atoms with Crippen molar-refractivity contribution in [2.75, 3.05) is 19.6 Å². The highest BCUT2D eigenvalue weighted by Gasteiger charge is 2.51. The van der Waals surface area contributed by atoms with Crippen LogP contribution >= 0.6 is 0 Å². The summed E-state index contributed by atoms with van der Waals surface area (Å²) in [7, 11) is 0. The first-order valence-electron chi connectivity index (χ1n) is 12.8. The average molecular weight is 459 g/mol. The quantitative estimate of drug-likeness (QED) is 0.252. The molecule has 2 rings (SSSR count). The molecule has 0 aromatic heterocycles. The summed E-state index contributed by atoms with van der Waals surface area (Å²) in [5.74, 6) is -1.82. The van der Waals surface area contributed by atoms with Crippen molar-refractivity contribution < 1.29 is 18.0 Å². The van der Waals surface area contributed by atoms with Gasteiger partial charge in [0.1, 0.15) is 0 Å². The van der Waals surface area contributed by atoms with Gasteiger partial charge in [-0.15, -0.1) is 0 Å². The molecule has 0 aromatic carbocycles. The Hall–Kier alpha value is -1.04. The molecule has 0 spiro atoms. The number of hydrogen-bond donors (Lipinski definition) is 1. The number of fused-ring (bicyclic) bond motifs is 1. The standard InChI is InChI=1S/C26H45F3N2O/c1-5-6-7-8-9-10-11-12-13-14-18-31-19-16-21-24(2,3)22(15-17-25(21,4)20-31)30-23(32)26(27,28)29/h16,22H,5-15,17-20H2,1-4H3,(H,30,32)/t22-,25+/m1/s1. The number of nitrogens with zero attached hydrogens (tertiary/aromatic N) is 1. The van der Waals surface area contributed by atoms with Crippen LogP contribution in [0.3, 0.4) is 0 Å². The minimum atomic E-state index is -4.83. The SMILES string of the molecule is CCCCCCCCCCCCN1CC=C2C(C)(C)[C@H](NC(=O)C(F)(F)F)CC[C@@]2(C)C1. The molecular formula is C26H45F3N2O. The van der Waals surface area contributed by atoms with Crippen LogP contribution in [-0.4, -0.2) is 42.7 Å². The summed E-state index contributed by atoms with van der Waals surface area (Å²) in [5.41, 5.74) is 0.708. The zero-order valence-electron chi connectivity index (χ0n) is 20.8. The molecule has 1 amide bonds. The third-order valence-electron chi connectivity index (χ3n) is 7.72. The van der Waals surface area contributed by atoms with Crippen LogP contribution in [0.2, 0.25) is 0 Å². The minimum Gasteiger partial charge on any atom is -0.345 e. The van der Waals surface area contributed by atoms with Crippen LogP contribution in [0.5, 0.6) is 0 Å². The highest BCUT2D eigenvalue weighted by molar-refractivity contribution is 5.82. The van der Waals surface area contributed by atoms with Gasteiger partial charge < -0.3 is 5.32 Å². The van der Waals surface area contributed by atoms with Crippen LogP contribution in [0.25, 0.3) is 0 Å². The fourth-order valence-corrected chi connectivity index (χ4v) is 5.86. The van der Waals surface area contributed by atoms with Gasteiger partial charge in [0, 0.05) is 30.0 Å². The molecule has 6 heteroatoms. The van der Waals surface area contributed by atoms with Crippen molar-refractivity contribution in [1.29, 1.82) is 0 Å². The lowest BCUT2D eigenvalue weighted by atomic mass is 9.57. The molecule has 1 saturated carbocycles. The molecule has 0 radical (unpaired) electrons. The van der Waals surface area contributed by atoms with Crippen molar-refractivity contribution in [2.24, 2.45) is 10.8 Å². The summed E-state index contributed by atoms with van der Waals surface area (Å²) in [4.78, 5) is 14.0. The highest BCUT2D eigenvalue weighted by atomic mass is 19.4. The Morgan fingerprint density at radius 3 is 2.16 bits per heavy atom. The topological polar surface area (TPSA) is 32.3 Å². The van der Waals surface area contributed by atoms with E-state index in [-0.39, 0.29) is 5.41 Å². The third kappa shape index (κ3) is 7.50. The van der Waals surface area contributed by atoms with E-state index in [0.717, 1.165) is 26.1 Å². The zero-order chi connectivity index (χ0) is 23.8.